The third-order valence-corrected chi connectivity index (χ3v) is 2.21. The van der Waals surface area contributed by atoms with E-state index in [2.05, 4.69) is 21.8 Å². The largest absolute Gasteiger partial charge is 0.370 e. The van der Waals surface area contributed by atoms with E-state index in [0.29, 0.717) is 0 Å². The molecule has 4 N–H and O–H groups in total. The van der Waals surface area contributed by atoms with Crippen molar-refractivity contribution in [1.82, 2.24) is 0 Å². The standard InChI is InChI=1S/C8H13N3S/c1-6(11-8(9)10)4-7-2-3-12-5-7/h2-3,5-6H,4H2,1H3,(H4,9,10,11). The number of nitrogens with zero attached hydrogens (tertiary/aromatic N) is 1. The van der Waals surface area contributed by atoms with Gasteiger partial charge in [0.15, 0.2) is 5.96 Å². The average molecular weight is 183 g/mol. The molecule has 0 fully saturated rings. The van der Waals surface area contributed by atoms with Gasteiger partial charge >= 0.3 is 0 Å². The van der Waals surface area contributed by atoms with Gasteiger partial charge in [-0.3, -0.25) is 4.99 Å². The number of rotatable bonds is 3. The molecule has 1 rings (SSSR count). The van der Waals surface area contributed by atoms with Crippen LogP contribution in [0, 0.1) is 0 Å². The van der Waals surface area contributed by atoms with Crippen LogP contribution in [0.4, 0.5) is 0 Å². The topological polar surface area (TPSA) is 64.4 Å². The maximum absolute atomic E-state index is 5.25. The smallest absolute Gasteiger partial charge is 0.186 e. The van der Waals surface area contributed by atoms with Crippen molar-refractivity contribution >= 4 is 17.3 Å². The van der Waals surface area contributed by atoms with E-state index in [4.69, 9.17) is 11.5 Å². The first kappa shape index (κ1) is 9.06. The van der Waals surface area contributed by atoms with Crippen molar-refractivity contribution in [3.05, 3.63) is 22.4 Å². The Morgan fingerprint density at radius 3 is 2.92 bits per heavy atom. The van der Waals surface area contributed by atoms with Gasteiger partial charge in [-0.05, 0) is 35.7 Å². The Bertz CT molecular complexity index is 249. The van der Waals surface area contributed by atoms with E-state index in [0.717, 1.165) is 6.42 Å². The molecule has 0 aliphatic carbocycles. The molecule has 1 atom stereocenters. The van der Waals surface area contributed by atoms with E-state index < -0.39 is 0 Å². The zero-order chi connectivity index (χ0) is 8.97. The Hall–Kier alpha value is -1.03. The third kappa shape index (κ3) is 2.92. The molecule has 0 aliphatic heterocycles. The SMILES string of the molecule is CC(Cc1ccsc1)N=C(N)N. The molecule has 0 aliphatic rings. The van der Waals surface area contributed by atoms with Crippen LogP contribution in [0.3, 0.4) is 0 Å². The summed E-state index contributed by atoms with van der Waals surface area (Å²) >= 11 is 1.69. The monoisotopic (exact) mass is 183 g/mol. The summed E-state index contributed by atoms with van der Waals surface area (Å²) in [6, 6.07) is 2.26. The van der Waals surface area contributed by atoms with Gasteiger partial charge in [0.1, 0.15) is 0 Å². The average Bonchev–Trinajstić information content (AvgIpc) is 2.37. The number of hydrogen-bond acceptors (Lipinski definition) is 2. The lowest BCUT2D eigenvalue weighted by atomic mass is 10.1. The van der Waals surface area contributed by atoms with Crippen LogP contribution in [0.25, 0.3) is 0 Å². The minimum atomic E-state index is 0.165. The van der Waals surface area contributed by atoms with Crippen molar-refractivity contribution in [2.45, 2.75) is 19.4 Å². The maximum atomic E-state index is 5.25. The van der Waals surface area contributed by atoms with Crippen LogP contribution < -0.4 is 11.5 Å². The van der Waals surface area contributed by atoms with Crippen LogP contribution in [-0.4, -0.2) is 12.0 Å². The highest BCUT2D eigenvalue weighted by Crippen LogP contribution is 2.09. The molecule has 0 radical (unpaired) electrons. The Morgan fingerprint density at radius 2 is 2.42 bits per heavy atom. The van der Waals surface area contributed by atoms with E-state index in [1.807, 2.05) is 6.92 Å². The van der Waals surface area contributed by atoms with E-state index >= 15 is 0 Å². The lowest BCUT2D eigenvalue weighted by molar-refractivity contribution is 0.739. The van der Waals surface area contributed by atoms with Crippen LogP contribution in [0.15, 0.2) is 21.8 Å². The molecule has 0 aromatic carbocycles. The number of thiophene rings is 1. The molecule has 1 aromatic heterocycles. The van der Waals surface area contributed by atoms with Crippen molar-refractivity contribution in [3.8, 4) is 0 Å². The lowest BCUT2D eigenvalue weighted by Crippen LogP contribution is -2.25. The first-order valence-corrected chi connectivity index (χ1v) is 4.72. The summed E-state index contributed by atoms with van der Waals surface area (Å²) in [5.41, 5.74) is 11.8. The fourth-order valence-corrected chi connectivity index (χ4v) is 1.73. The fraction of sp³-hybridized carbons (Fsp3) is 0.375. The summed E-state index contributed by atoms with van der Waals surface area (Å²) in [7, 11) is 0. The Labute approximate surface area is 76.1 Å². The summed E-state index contributed by atoms with van der Waals surface area (Å²) in [4.78, 5) is 4.03. The first-order valence-electron chi connectivity index (χ1n) is 3.78. The second-order valence-corrected chi connectivity index (χ2v) is 3.52. The quantitative estimate of drug-likeness (QED) is 0.541. The van der Waals surface area contributed by atoms with Gasteiger partial charge < -0.3 is 11.5 Å². The van der Waals surface area contributed by atoms with Crippen molar-refractivity contribution in [2.24, 2.45) is 16.5 Å². The van der Waals surface area contributed by atoms with Crippen molar-refractivity contribution in [1.29, 1.82) is 0 Å². The highest BCUT2D eigenvalue weighted by molar-refractivity contribution is 7.07. The van der Waals surface area contributed by atoms with Crippen LogP contribution >= 0.6 is 11.3 Å². The molecule has 66 valence electrons. The zero-order valence-electron chi connectivity index (χ0n) is 7.03. The predicted octanol–water partition coefficient (Wildman–Crippen LogP) is 0.953. The number of guanidine groups is 1. The van der Waals surface area contributed by atoms with E-state index in [1.54, 1.807) is 11.3 Å². The molecule has 1 heterocycles. The van der Waals surface area contributed by atoms with Crippen LogP contribution in [0.1, 0.15) is 12.5 Å². The second kappa shape index (κ2) is 4.11. The fourth-order valence-electron chi connectivity index (χ4n) is 1.05. The van der Waals surface area contributed by atoms with Gasteiger partial charge in [0.25, 0.3) is 0 Å². The first-order chi connectivity index (χ1) is 5.68. The van der Waals surface area contributed by atoms with Crippen LogP contribution in [0.2, 0.25) is 0 Å². The van der Waals surface area contributed by atoms with Gasteiger partial charge in [0.2, 0.25) is 0 Å². The molecule has 1 unspecified atom stereocenters. The molecule has 1 aromatic rings. The molecule has 12 heavy (non-hydrogen) atoms. The van der Waals surface area contributed by atoms with Crippen LogP contribution in [0.5, 0.6) is 0 Å². The molecule has 0 amide bonds. The molecule has 4 heteroatoms. The molecule has 3 nitrogen and oxygen atoms in total. The maximum Gasteiger partial charge on any atom is 0.186 e. The normalized spacial score (nSPS) is 12.4. The lowest BCUT2D eigenvalue weighted by Gasteiger charge is -2.03. The third-order valence-electron chi connectivity index (χ3n) is 1.48. The Balaban J connectivity index is 2.47. The minimum Gasteiger partial charge on any atom is -0.370 e. The van der Waals surface area contributed by atoms with Crippen molar-refractivity contribution in [2.75, 3.05) is 0 Å². The summed E-state index contributed by atoms with van der Waals surface area (Å²) in [6.07, 6.45) is 0.904. The van der Waals surface area contributed by atoms with Gasteiger partial charge in [-0.2, -0.15) is 11.3 Å². The predicted molar refractivity (Wildman–Crippen MR) is 53.3 cm³/mol. The molecular weight excluding hydrogens is 170 g/mol. The Kier molecular flexibility index (Phi) is 3.10. The van der Waals surface area contributed by atoms with E-state index in [9.17, 15) is 0 Å². The molecule has 0 saturated carbocycles. The summed E-state index contributed by atoms with van der Waals surface area (Å²) < 4.78 is 0. The van der Waals surface area contributed by atoms with Gasteiger partial charge in [0, 0.05) is 0 Å². The molecule has 0 spiro atoms. The van der Waals surface area contributed by atoms with E-state index in [1.165, 1.54) is 5.56 Å². The number of hydrogen-bond donors (Lipinski definition) is 2. The van der Waals surface area contributed by atoms with E-state index in [-0.39, 0.29) is 12.0 Å². The zero-order valence-corrected chi connectivity index (χ0v) is 7.84. The summed E-state index contributed by atoms with van der Waals surface area (Å²) in [5, 5.41) is 4.16. The van der Waals surface area contributed by atoms with Gasteiger partial charge in [-0.25, -0.2) is 0 Å². The summed E-state index contributed by atoms with van der Waals surface area (Å²) in [5.74, 6) is 0.165. The Morgan fingerprint density at radius 1 is 1.67 bits per heavy atom. The number of nitrogens with two attached hydrogens (primary N) is 2. The summed E-state index contributed by atoms with van der Waals surface area (Å²) in [6.45, 7) is 2.00. The second-order valence-electron chi connectivity index (χ2n) is 2.74. The van der Waals surface area contributed by atoms with Crippen LogP contribution in [-0.2, 0) is 6.42 Å². The minimum absolute atomic E-state index is 0.165. The number of aliphatic imine (C=N–C) groups is 1. The molecule has 0 bridgehead atoms. The molecular formula is C8H13N3S. The highest BCUT2D eigenvalue weighted by Gasteiger charge is 2.01. The van der Waals surface area contributed by atoms with Gasteiger partial charge in [-0.1, -0.05) is 0 Å². The highest BCUT2D eigenvalue weighted by atomic mass is 32.1. The molecule has 0 saturated heterocycles. The van der Waals surface area contributed by atoms with Gasteiger partial charge in [0.05, 0.1) is 6.04 Å². The van der Waals surface area contributed by atoms with Crippen molar-refractivity contribution < 1.29 is 0 Å². The van der Waals surface area contributed by atoms with Crippen molar-refractivity contribution in [3.63, 3.8) is 0 Å². The van der Waals surface area contributed by atoms with Gasteiger partial charge in [-0.15, -0.1) is 0 Å².